The van der Waals surface area contributed by atoms with Crippen LogP contribution in [0, 0.1) is 11.2 Å². The number of hydrogen-bond donors (Lipinski definition) is 1. The molecule has 0 saturated carbocycles. The van der Waals surface area contributed by atoms with Gasteiger partial charge < -0.3 is 14.6 Å². The third-order valence-electron chi connectivity index (χ3n) is 3.71. The largest absolute Gasteiger partial charge is 0.489 e. The Balaban J connectivity index is 1.87. The van der Waals surface area contributed by atoms with Gasteiger partial charge in [-0.15, -0.1) is 0 Å². The van der Waals surface area contributed by atoms with Gasteiger partial charge in [-0.1, -0.05) is 32.0 Å². The highest BCUT2D eigenvalue weighted by molar-refractivity contribution is 5.45. The predicted octanol–water partition coefficient (Wildman–Crippen LogP) is 3.70. The van der Waals surface area contributed by atoms with Gasteiger partial charge in [0.25, 0.3) is 0 Å². The average Bonchev–Trinajstić information content (AvgIpc) is 2.66. The molecule has 0 spiro atoms. The van der Waals surface area contributed by atoms with Gasteiger partial charge in [0.05, 0.1) is 13.2 Å². The van der Waals surface area contributed by atoms with Gasteiger partial charge in [-0.2, -0.15) is 0 Å². The fourth-order valence-electron chi connectivity index (χ4n) is 2.35. The highest BCUT2D eigenvalue weighted by Gasteiger charge is 2.25. The van der Waals surface area contributed by atoms with Crippen LogP contribution >= 0.6 is 0 Å². The SMILES string of the molecule is CC1(C)COc2ccc([C@H](O)c3ccc(F)cc3)cc2OC1. The summed E-state index contributed by atoms with van der Waals surface area (Å²) in [5.74, 6) is 0.988. The van der Waals surface area contributed by atoms with Crippen LogP contribution in [-0.4, -0.2) is 18.3 Å². The van der Waals surface area contributed by atoms with Crippen LogP contribution in [0.5, 0.6) is 11.5 Å². The Labute approximate surface area is 129 Å². The minimum atomic E-state index is -0.828. The summed E-state index contributed by atoms with van der Waals surface area (Å²) < 4.78 is 24.6. The fraction of sp³-hybridized carbons (Fsp3) is 0.333. The molecule has 2 aromatic carbocycles. The Morgan fingerprint density at radius 2 is 1.55 bits per heavy atom. The molecule has 0 fully saturated rings. The lowest BCUT2D eigenvalue weighted by Crippen LogP contribution is -2.26. The molecule has 1 atom stereocenters. The normalized spacial score (nSPS) is 17.6. The smallest absolute Gasteiger partial charge is 0.161 e. The van der Waals surface area contributed by atoms with Gasteiger partial charge in [-0.25, -0.2) is 4.39 Å². The molecule has 0 aliphatic carbocycles. The summed E-state index contributed by atoms with van der Waals surface area (Å²) in [4.78, 5) is 0. The summed E-state index contributed by atoms with van der Waals surface area (Å²) in [6.45, 7) is 5.29. The Hall–Kier alpha value is -2.07. The number of fused-ring (bicyclic) bond motifs is 1. The predicted molar refractivity (Wildman–Crippen MR) is 81.7 cm³/mol. The lowest BCUT2D eigenvalue weighted by molar-refractivity contribution is 0.140. The van der Waals surface area contributed by atoms with E-state index in [9.17, 15) is 9.50 Å². The Morgan fingerprint density at radius 3 is 2.23 bits per heavy atom. The first-order valence-electron chi connectivity index (χ1n) is 7.28. The first-order valence-corrected chi connectivity index (χ1v) is 7.28. The summed E-state index contributed by atoms with van der Waals surface area (Å²) in [5.41, 5.74) is 1.26. The first kappa shape index (κ1) is 14.9. The maximum absolute atomic E-state index is 13.0. The van der Waals surface area contributed by atoms with Gasteiger partial charge in [-0.3, -0.25) is 0 Å². The van der Waals surface area contributed by atoms with Crippen LogP contribution in [0.25, 0.3) is 0 Å². The van der Waals surface area contributed by atoms with Crippen molar-refractivity contribution in [2.24, 2.45) is 5.41 Å². The number of aliphatic hydroxyl groups excluding tert-OH is 1. The topological polar surface area (TPSA) is 38.7 Å². The zero-order valence-electron chi connectivity index (χ0n) is 12.7. The quantitative estimate of drug-likeness (QED) is 0.919. The molecule has 22 heavy (non-hydrogen) atoms. The van der Waals surface area contributed by atoms with E-state index in [0.29, 0.717) is 35.8 Å². The van der Waals surface area contributed by atoms with Gasteiger partial charge in [0.1, 0.15) is 11.9 Å². The summed E-state index contributed by atoms with van der Waals surface area (Å²) in [7, 11) is 0. The molecule has 3 rings (SSSR count). The summed E-state index contributed by atoms with van der Waals surface area (Å²) in [6, 6.07) is 11.2. The minimum absolute atomic E-state index is 0.0608. The molecule has 2 aromatic rings. The second kappa shape index (κ2) is 5.61. The molecule has 1 heterocycles. The molecule has 0 radical (unpaired) electrons. The van der Waals surface area contributed by atoms with E-state index in [1.807, 2.05) is 0 Å². The number of halogens is 1. The maximum Gasteiger partial charge on any atom is 0.161 e. The highest BCUT2D eigenvalue weighted by Crippen LogP contribution is 2.36. The molecule has 0 saturated heterocycles. The van der Waals surface area contributed by atoms with E-state index in [1.54, 1.807) is 30.3 Å². The monoisotopic (exact) mass is 302 g/mol. The zero-order valence-corrected chi connectivity index (χ0v) is 12.7. The summed E-state index contributed by atoms with van der Waals surface area (Å²) >= 11 is 0. The Bertz CT molecular complexity index is 665. The van der Waals surface area contributed by atoms with Gasteiger partial charge in [0.15, 0.2) is 11.5 Å². The summed E-state index contributed by atoms with van der Waals surface area (Å²) in [6.07, 6.45) is -0.828. The molecule has 0 unspecified atom stereocenters. The van der Waals surface area contributed by atoms with E-state index in [4.69, 9.17) is 9.47 Å². The zero-order chi connectivity index (χ0) is 15.7. The lowest BCUT2D eigenvalue weighted by Gasteiger charge is -2.19. The van der Waals surface area contributed by atoms with Crippen molar-refractivity contribution in [3.63, 3.8) is 0 Å². The Morgan fingerprint density at radius 1 is 0.955 bits per heavy atom. The standard InChI is InChI=1S/C18H19FO3/c1-18(2)10-21-15-8-5-13(9-16(15)22-11-18)17(20)12-3-6-14(19)7-4-12/h3-9,17,20H,10-11H2,1-2H3/t17-/m1/s1. The second-order valence-corrected chi connectivity index (χ2v) is 6.40. The molecular weight excluding hydrogens is 283 g/mol. The highest BCUT2D eigenvalue weighted by atomic mass is 19.1. The van der Waals surface area contributed by atoms with Crippen LogP contribution in [0.4, 0.5) is 4.39 Å². The van der Waals surface area contributed by atoms with E-state index in [0.717, 1.165) is 0 Å². The molecular formula is C18H19FO3. The van der Waals surface area contributed by atoms with Crippen molar-refractivity contribution in [3.8, 4) is 11.5 Å². The maximum atomic E-state index is 13.0. The van der Waals surface area contributed by atoms with Gasteiger partial charge in [0, 0.05) is 5.41 Å². The van der Waals surface area contributed by atoms with Crippen molar-refractivity contribution in [2.45, 2.75) is 20.0 Å². The van der Waals surface area contributed by atoms with Crippen LogP contribution in [0.2, 0.25) is 0 Å². The number of hydrogen-bond acceptors (Lipinski definition) is 3. The number of aliphatic hydroxyl groups is 1. The number of rotatable bonds is 2. The summed E-state index contributed by atoms with van der Waals surface area (Å²) in [5, 5.41) is 10.4. The molecule has 1 aliphatic heterocycles. The van der Waals surface area contributed by atoms with Crippen LogP contribution in [0.15, 0.2) is 42.5 Å². The van der Waals surface area contributed by atoms with Gasteiger partial charge in [0.2, 0.25) is 0 Å². The van der Waals surface area contributed by atoms with Crippen LogP contribution in [0.1, 0.15) is 31.1 Å². The molecule has 0 amide bonds. The third-order valence-corrected chi connectivity index (χ3v) is 3.71. The fourth-order valence-corrected chi connectivity index (χ4v) is 2.35. The van der Waals surface area contributed by atoms with E-state index >= 15 is 0 Å². The second-order valence-electron chi connectivity index (χ2n) is 6.40. The number of benzene rings is 2. The van der Waals surface area contributed by atoms with E-state index < -0.39 is 6.10 Å². The molecule has 116 valence electrons. The van der Waals surface area contributed by atoms with Crippen LogP contribution in [-0.2, 0) is 0 Å². The molecule has 4 heteroatoms. The minimum Gasteiger partial charge on any atom is -0.489 e. The van der Waals surface area contributed by atoms with Crippen molar-refractivity contribution in [3.05, 3.63) is 59.4 Å². The van der Waals surface area contributed by atoms with Gasteiger partial charge >= 0.3 is 0 Å². The van der Waals surface area contributed by atoms with Gasteiger partial charge in [-0.05, 0) is 35.4 Å². The van der Waals surface area contributed by atoms with E-state index in [1.165, 1.54) is 12.1 Å². The molecule has 0 bridgehead atoms. The molecule has 3 nitrogen and oxygen atoms in total. The van der Waals surface area contributed by atoms with Crippen LogP contribution in [0.3, 0.4) is 0 Å². The van der Waals surface area contributed by atoms with Crippen LogP contribution < -0.4 is 9.47 Å². The van der Waals surface area contributed by atoms with E-state index in [2.05, 4.69) is 13.8 Å². The van der Waals surface area contributed by atoms with Crippen molar-refractivity contribution < 1.29 is 19.0 Å². The molecule has 1 aliphatic rings. The molecule has 0 aromatic heterocycles. The van der Waals surface area contributed by atoms with E-state index in [-0.39, 0.29) is 11.2 Å². The Kier molecular flexibility index (Phi) is 3.79. The average molecular weight is 302 g/mol. The molecule has 1 N–H and O–H groups in total. The third kappa shape index (κ3) is 3.07. The first-order chi connectivity index (χ1) is 10.4. The van der Waals surface area contributed by atoms with Crippen molar-refractivity contribution in [1.82, 2.24) is 0 Å². The lowest BCUT2D eigenvalue weighted by atomic mass is 9.97. The van der Waals surface area contributed by atoms with Crippen molar-refractivity contribution in [1.29, 1.82) is 0 Å². The number of ether oxygens (including phenoxy) is 2. The van der Waals surface area contributed by atoms with Crippen molar-refractivity contribution in [2.75, 3.05) is 13.2 Å². The van der Waals surface area contributed by atoms with Crippen molar-refractivity contribution >= 4 is 0 Å².